The summed E-state index contributed by atoms with van der Waals surface area (Å²) >= 11 is 6.27. The molecule has 0 unspecified atom stereocenters. The number of benzene rings is 1. The summed E-state index contributed by atoms with van der Waals surface area (Å²) in [6, 6.07) is 11.6. The van der Waals surface area contributed by atoms with E-state index in [1.54, 1.807) is 10.9 Å². The summed E-state index contributed by atoms with van der Waals surface area (Å²) in [5.41, 5.74) is 1.84. The number of hydrogen-bond donors (Lipinski definition) is 0. The van der Waals surface area contributed by atoms with Crippen molar-refractivity contribution in [3.63, 3.8) is 0 Å². The van der Waals surface area contributed by atoms with Gasteiger partial charge in [-0.3, -0.25) is 4.98 Å². The quantitative estimate of drug-likeness (QED) is 0.671. The van der Waals surface area contributed by atoms with E-state index in [1.165, 1.54) is 6.20 Å². The van der Waals surface area contributed by atoms with Gasteiger partial charge in [0.05, 0.1) is 16.6 Å². The summed E-state index contributed by atoms with van der Waals surface area (Å²) in [4.78, 5) is 3.99. The Bertz CT molecular complexity index is 756. The summed E-state index contributed by atoms with van der Waals surface area (Å²) in [5, 5.41) is 14.5. The molecule has 0 aliphatic heterocycles. The Morgan fingerprint density at radius 1 is 1.17 bits per heavy atom. The zero-order valence-corrected chi connectivity index (χ0v) is 9.96. The maximum Gasteiger partial charge on any atom is 0.142 e. The highest BCUT2D eigenvalue weighted by atomic mass is 35.5. The molecule has 0 spiro atoms. The molecule has 2 heterocycles. The van der Waals surface area contributed by atoms with E-state index in [-0.39, 0.29) is 0 Å². The van der Waals surface area contributed by atoms with Crippen LogP contribution in [0.2, 0.25) is 5.15 Å². The summed E-state index contributed by atoms with van der Waals surface area (Å²) in [6.45, 7) is 0. The number of nitriles is 1. The minimum atomic E-state index is 0.420. The first-order valence-electron chi connectivity index (χ1n) is 5.29. The molecule has 0 amide bonds. The zero-order chi connectivity index (χ0) is 12.5. The fourth-order valence-electron chi connectivity index (χ4n) is 1.79. The van der Waals surface area contributed by atoms with Gasteiger partial charge in [0.15, 0.2) is 0 Å². The highest BCUT2D eigenvalue weighted by Gasteiger charge is 2.13. The van der Waals surface area contributed by atoms with Crippen molar-refractivity contribution in [2.75, 3.05) is 0 Å². The number of pyridine rings is 1. The molecule has 0 saturated heterocycles. The fourth-order valence-corrected chi connectivity index (χ4v) is 2.07. The van der Waals surface area contributed by atoms with Crippen LogP contribution >= 0.6 is 11.6 Å². The zero-order valence-electron chi connectivity index (χ0n) is 9.21. The minimum Gasteiger partial charge on any atom is -0.262 e. The number of halogens is 1. The number of para-hydroxylation sites is 1. The molecule has 5 heteroatoms. The molecular weight excluding hydrogens is 248 g/mol. The molecule has 1 aromatic carbocycles. The number of aromatic nitrogens is 3. The van der Waals surface area contributed by atoms with Crippen molar-refractivity contribution in [2.24, 2.45) is 0 Å². The molecule has 86 valence electrons. The van der Waals surface area contributed by atoms with E-state index >= 15 is 0 Å². The summed E-state index contributed by atoms with van der Waals surface area (Å²) < 4.78 is 1.61. The van der Waals surface area contributed by atoms with Crippen molar-refractivity contribution in [3.05, 3.63) is 53.4 Å². The van der Waals surface area contributed by atoms with E-state index in [4.69, 9.17) is 16.9 Å². The van der Waals surface area contributed by atoms with Gasteiger partial charge < -0.3 is 0 Å². The Morgan fingerprint density at radius 2 is 1.94 bits per heavy atom. The fraction of sp³-hybridized carbons (Fsp3) is 0. The molecule has 3 rings (SSSR count). The van der Waals surface area contributed by atoms with Gasteiger partial charge >= 0.3 is 0 Å². The predicted octanol–water partition coefficient (Wildman–Crippen LogP) is 2.95. The highest BCUT2D eigenvalue weighted by Crippen LogP contribution is 2.27. The number of nitrogens with zero attached hydrogens (tertiary/aromatic N) is 4. The average Bonchev–Trinajstić information content (AvgIpc) is 2.77. The van der Waals surface area contributed by atoms with Gasteiger partial charge in [-0.15, -0.1) is 0 Å². The molecule has 2 aromatic heterocycles. The van der Waals surface area contributed by atoms with Gasteiger partial charge in [0.1, 0.15) is 16.7 Å². The third-order valence-electron chi connectivity index (χ3n) is 2.65. The van der Waals surface area contributed by atoms with Crippen molar-refractivity contribution >= 4 is 22.5 Å². The van der Waals surface area contributed by atoms with Crippen molar-refractivity contribution in [1.29, 1.82) is 5.26 Å². The lowest BCUT2D eigenvalue weighted by Crippen LogP contribution is -1.95. The predicted molar refractivity (Wildman–Crippen MR) is 68.6 cm³/mol. The van der Waals surface area contributed by atoms with Gasteiger partial charge in [-0.25, -0.2) is 4.68 Å². The highest BCUT2D eigenvalue weighted by molar-refractivity contribution is 6.34. The van der Waals surface area contributed by atoms with E-state index < -0.39 is 0 Å². The van der Waals surface area contributed by atoms with Gasteiger partial charge in [0, 0.05) is 12.4 Å². The maximum absolute atomic E-state index is 9.02. The lowest BCUT2D eigenvalue weighted by Gasteiger charge is -2.01. The maximum atomic E-state index is 9.02. The Balaban J connectivity index is 2.34. The van der Waals surface area contributed by atoms with Gasteiger partial charge in [-0.1, -0.05) is 29.8 Å². The molecule has 4 nitrogen and oxygen atoms in total. The number of fused-ring (bicyclic) bond motifs is 1. The van der Waals surface area contributed by atoms with Crippen LogP contribution in [0.4, 0.5) is 0 Å². The van der Waals surface area contributed by atoms with E-state index in [2.05, 4.69) is 16.2 Å². The molecule has 0 N–H and O–H groups in total. The van der Waals surface area contributed by atoms with Crippen LogP contribution in [0, 0.1) is 11.3 Å². The lowest BCUT2D eigenvalue weighted by molar-refractivity contribution is 0.896. The molecule has 18 heavy (non-hydrogen) atoms. The summed E-state index contributed by atoms with van der Waals surface area (Å²) in [5.74, 6) is 0. The van der Waals surface area contributed by atoms with E-state index in [9.17, 15) is 0 Å². The van der Waals surface area contributed by atoms with Crippen LogP contribution in [0.15, 0.2) is 42.7 Å². The molecule has 0 aliphatic rings. The number of rotatable bonds is 1. The van der Waals surface area contributed by atoms with Crippen LogP contribution in [-0.2, 0) is 0 Å². The van der Waals surface area contributed by atoms with E-state index in [0.717, 1.165) is 5.69 Å². The average molecular weight is 255 g/mol. The minimum absolute atomic E-state index is 0.420. The van der Waals surface area contributed by atoms with E-state index in [0.29, 0.717) is 21.6 Å². The Morgan fingerprint density at radius 3 is 2.67 bits per heavy atom. The second kappa shape index (κ2) is 4.13. The Labute approximate surface area is 108 Å². The molecule has 0 radical (unpaired) electrons. The summed E-state index contributed by atoms with van der Waals surface area (Å²) in [7, 11) is 0. The van der Waals surface area contributed by atoms with Gasteiger partial charge in [0.25, 0.3) is 0 Å². The molecule has 3 aromatic rings. The lowest BCUT2D eigenvalue weighted by atomic mass is 10.2. The van der Waals surface area contributed by atoms with Crippen LogP contribution in [0.3, 0.4) is 0 Å². The first kappa shape index (κ1) is 10.8. The molecule has 0 saturated carbocycles. The second-order valence-corrected chi connectivity index (χ2v) is 4.09. The molecule has 0 fully saturated rings. The molecule has 0 aliphatic carbocycles. The monoisotopic (exact) mass is 254 g/mol. The van der Waals surface area contributed by atoms with E-state index in [1.807, 2.05) is 30.3 Å². The smallest absolute Gasteiger partial charge is 0.142 e. The first-order valence-corrected chi connectivity index (χ1v) is 5.67. The third-order valence-corrected chi connectivity index (χ3v) is 3.01. The first-order chi connectivity index (χ1) is 8.81. The third kappa shape index (κ3) is 1.53. The van der Waals surface area contributed by atoms with Crippen molar-refractivity contribution in [2.45, 2.75) is 0 Å². The van der Waals surface area contributed by atoms with Gasteiger partial charge in [-0.2, -0.15) is 10.4 Å². The van der Waals surface area contributed by atoms with Crippen LogP contribution in [0.1, 0.15) is 5.56 Å². The van der Waals surface area contributed by atoms with Gasteiger partial charge in [0.2, 0.25) is 0 Å². The SMILES string of the molecule is N#Cc1cncc2c(Cl)n(-c3ccccc3)nc12. The second-order valence-electron chi connectivity index (χ2n) is 3.73. The van der Waals surface area contributed by atoms with Crippen LogP contribution < -0.4 is 0 Å². The largest absolute Gasteiger partial charge is 0.262 e. The van der Waals surface area contributed by atoms with Crippen molar-refractivity contribution in [3.8, 4) is 11.8 Å². The summed E-state index contributed by atoms with van der Waals surface area (Å²) in [6.07, 6.45) is 3.10. The van der Waals surface area contributed by atoms with Gasteiger partial charge in [-0.05, 0) is 12.1 Å². The number of hydrogen-bond acceptors (Lipinski definition) is 3. The van der Waals surface area contributed by atoms with Crippen molar-refractivity contribution < 1.29 is 0 Å². The normalized spacial score (nSPS) is 10.4. The van der Waals surface area contributed by atoms with Crippen molar-refractivity contribution in [1.82, 2.24) is 14.8 Å². The van der Waals surface area contributed by atoms with Crippen LogP contribution in [0.5, 0.6) is 0 Å². The molecule has 0 atom stereocenters. The topological polar surface area (TPSA) is 54.5 Å². The molecule has 0 bridgehead atoms. The van der Waals surface area contributed by atoms with Crippen LogP contribution in [0.25, 0.3) is 16.6 Å². The molecular formula is C13H7ClN4. The Kier molecular flexibility index (Phi) is 2.47. The standard InChI is InChI=1S/C13H7ClN4/c14-13-11-8-16-7-9(6-15)12(11)17-18(13)10-4-2-1-3-5-10/h1-5,7-8H. The van der Waals surface area contributed by atoms with Crippen LogP contribution in [-0.4, -0.2) is 14.8 Å². The Hall–Kier alpha value is -2.38.